The summed E-state index contributed by atoms with van der Waals surface area (Å²) in [4.78, 5) is 26.0. The fraction of sp³-hybridized carbons (Fsp3) is 0.0625. The SMILES string of the molecule is C=C/C=C(\C=C/C)c1ccc(C2=C3C(=O)NC(c4ccc(C(/C=C\C)=C/C=C)cc4)=C3C(=O)N2)cc1. The molecule has 0 atom stereocenters. The molecular weight excluding hydrogens is 444 g/mol. The summed E-state index contributed by atoms with van der Waals surface area (Å²) in [7, 11) is 0. The van der Waals surface area contributed by atoms with Crippen LogP contribution in [0.4, 0.5) is 0 Å². The lowest BCUT2D eigenvalue weighted by atomic mass is 9.98. The lowest BCUT2D eigenvalue weighted by Gasteiger charge is -2.09. The van der Waals surface area contributed by atoms with E-state index < -0.39 is 0 Å². The van der Waals surface area contributed by atoms with Crippen LogP contribution < -0.4 is 10.6 Å². The third-order valence-corrected chi connectivity index (χ3v) is 5.98. The number of hydrogen-bond acceptors (Lipinski definition) is 2. The van der Waals surface area contributed by atoms with Crippen molar-refractivity contribution in [2.45, 2.75) is 13.8 Å². The summed E-state index contributed by atoms with van der Waals surface area (Å²) in [6.45, 7) is 11.5. The Labute approximate surface area is 212 Å². The van der Waals surface area contributed by atoms with Crippen molar-refractivity contribution in [3.8, 4) is 0 Å². The highest BCUT2D eigenvalue weighted by atomic mass is 16.2. The third-order valence-electron chi connectivity index (χ3n) is 5.98. The van der Waals surface area contributed by atoms with Crippen molar-refractivity contribution in [1.82, 2.24) is 10.6 Å². The Hall–Kier alpha value is -4.70. The molecule has 2 aromatic carbocycles. The fourth-order valence-electron chi connectivity index (χ4n) is 4.38. The van der Waals surface area contributed by atoms with E-state index in [0.29, 0.717) is 22.5 Å². The van der Waals surface area contributed by atoms with Crippen molar-refractivity contribution in [2.24, 2.45) is 0 Å². The number of allylic oxidation sites excluding steroid dienone is 10. The van der Waals surface area contributed by atoms with Gasteiger partial charge in [0.2, 0.25) is 0 Å². The summed E-state index contributed by atoms with van der Waals surface area (Å²) in [6, 6.07) is 15.5. The second-order valence-corrected chi connectivity index (χ2v) is 8.28. The molecule has 2 aliphatic rings. The highest BCUT2D eigenvalue weighted by Crippen LogP contribution is 2.37. The van der Waals surface area contributed by atoms with Gasteiger partial charge in [-0.15, -0.1) is 0 Å². The molecule has 2 aliphatic heterocycles. The average molecular weight is 473 g/mol. The van der Waals surface area contributed by atoms with Gasteiger partial charge in [-0.3, -0.25) is 9.59 Å². The van der Waals surface area contributed by atoms with Gasteiger partial charge in [-0.05, 0) is 47.2 Å². The first-order valence-electron chi connectivity index (χ1n) is 11.8. The Balaban J connectivity index is 1.72. The highest BCUT2D eigenvalue weighted by molar-refractivity contribution is 6.30. The molecule has 0 saturated carbocycles. The molecule has 0 unspecified atom stereocenters. The molecule has 2 heterocycles. The first kappa shape index (κ1) is 24.4. The molecule has 0 bridgehead atoms. The standard InChI is InChI=1S/C32H28N2O2/c1-5-9-21(10-6-2)23-13-17-25(18-14-23)29-27-28(32(36)33-29)30(34-31(27)35)26-19-15-24(16-20-26)22(11-7-3)12-8-4/h5-20H,1,3H2,2,4H3,(H,33,36)(H,34,35)/b10-6-,12-8-,21-9+,22-11+. The third kappa shape index (κ3) is 4.62. The smallest absolute Gasteiger partial charge is 0.258 e. The summed E-state index contributed by atoms with van der Waals surface area (Å²) in [5.74, 6) is -0.576. The minimum Gasteiger partial charge on any atom is -0.321 e. The minimum atomic E-state index is -0.288. The number of carbonyl (C=O) groups excluding carboxylic acids is 2. The quantitative estimate of drug-likeness (QED) is 0.439. The maximum atomic E-state index is 13.0. The molecule has 4 rings (SSSR count). The number of fused-ring (bicyclic) bond motifs is 1. The molecule has 0 aromatic heterocycles. The Morgan fingerprint density at radius 2 is 1.00 bits per heavy atom. The summed E-state index contributed by atoms with van der Waals surface area (Å²) < 4.78 is 0. The lowest BCUT2D eigenvalue weighted by molar-refractivity contribution is -0.117. The first-order valence-corrected chi connectivity index (χ1v) is 11.8. The van der Waals surface area contributed by atoms with Crippen LogP contribution in [0.3, 0.4) is 0 Å². The van der Waals surface area contributed by atoms with Crippen LogP contribution in [0.5, 0.6) is 0 Å². The second kappa shape index (κ2) is 10.7. The zero-order valence-electron chi connectivity index (χ0n) is 20.5. The van der Waals surface area contributed by atoms with Gasteiger partial charge in [0.1, 0.15) is 0 Å². The number of benzene rings is 2. The van der Waals surface area contributed by atoms with Gasteiger partial charge in [0, 0.05) is 0 Å². The van der Waals surface area contributed by atoms with Gasteiger partial charge in [0.05, 0.1) is 22.5 Å². The number of carbonyl (C=O) groups is 2. The van der Waals surface area contributed by atoms with Gasteiger partial charge in [-0.1, -0.05) is 110 Å². The summed E-state index contributed by atoms with van der Waals surface area (Å²) >= 11 is 0. The monoisotopic (exact) mass is 472 g/mol. The molecule has 2 aromatic rings. The molecule has 4 heteroatoms. The Morgan fingerprint density at radius 1 is 0.639 bits per heavy atom. The van der Waals surface area contributed by atoms with Crippen molar-refractivity contribution in [3.63, 3.8) is 0 Å². The van der Waals surface area contributed by atoms with E-state index in [1.54, 1.807) is 12.2 Å². The van der Waals surface area contributed by atoms with E-state index in [-0.39, 0.29) is 11.8 Å². The summed E-state index contributed by atoms with van der Waals surface area (Å²) in [5.41, 5.74) is 7.43. The number of amides is 2. The lowest BCUT2D eigenvalue weighted by Crippen LogP contribution is -2.21. The van der Waals surface area contributed by atoms with E-state index in [4.69, 9.17) is 0 Å². The average Bonchev–Trinajstić information content (AvgIpc) is 3.42. The molecular formula is C32H28N2O2. The molecule has 0 aliphatic carbocycles. The Kier molecular flexibility index (Phi) is 7.26. The largest absolute Gasteiger partial charge is 0.321 e. The van der Waals surface area contributed by atoms with Crippen molar-refractivity contribution in [3.05, 3.63) is 144 Å². The molecule has 178 valence electrons. The van der Waals surface area contributed by atoms with Gasteiger partial charge in [-0.25, -0.2) is 0 Å². The zero-order valence-corrected chi connectivity index (χ0v) is 20.5. The number of rotatable bonds is 8. The van der Waals surface area contributed by atoms with Crippen LogP contribution >= 0.6 is 0 Å². The first-order chi connectivity index (χ1) is 17.5. The van der Waals surface area contributed by atoms with Crippen LogP contribution in [-0.4, -0.2) is 11.8 Å². The molecule has 0 radical (unpaired) electrons. The van der Waals surface area contributed by atoms with Gasteiger partial charge in [0.15, 0.2) is 0 Å². The maximum absolute atomic E-state index is 13.0. The van der Waals surface area contributed by atoms with Crippen molar-refractivity contribution in [2.75, 3.05) is 0 Å². The van der Waals surface area contributed by atoms with E-state index >= 15 is 0 Å². The van der Waals surface area contributed by atoms with Crippen molar-refractivity contribution >= 4 is 34.4 Å². The number of nitrogens with one attached hydrogen (secondary N) is 2. The predicted octanol–water partition coefficient (Wildman–Crippen LogP) is 6.36. The van der Waals surface area contributed by atoms with Crippen LogP contribution in [0, 0.1) is 0 Å². The normalized spacial score (nSPS) is 16.2. The molecule has 2 N–H and O–H groups in total. The highest BCUT2D eigenvalue weighted by Gasteiger charge is 2.40. The molecule has 36 heavy (non-hydrogen) atoms. The number of hydrogen-bond donors (Lipinski definition) is 2. The van der Waals surface area contributed by atoms with Gasteiger partial charge in [-0.2, -0.15) is 0 Å². The van der Waals surface area contributed by atoms with Gasteiger partial charge in [0.25, 0.3) is 11.8 Å². The maximum Gasteiger partial charge on any atom is 0.258 e. The van der Waals surface area contributed by atoms with Crippen LogP contribution in [0.1, 0.15) is 36.1 Å². The molecule has 0 spiro atoms. The van der Waals surface area contributed by atoms with E-state index in [2.05, 4.69) is 23.8 Å². The molecule has 0 fully saturated rings. The van der Waals surface area contributed by atoms with Gasteiger partial charge >= 0.3 is 0 Å². The zero-order chi connectivity index (χ0) is 25.7. The topological polar surface area (TPSA) is 58.2 Å². The minimum absolute atomic E-state index is 0.288. The summed E-state index contributed by atoms with van der Waals surface area (Å²) in [6.07, 6.45) is 15.3. The van der Waals surface area contributed by atoms with Gasteiger partial charge < -0.3 is 10.6 Å². The van der Waals surface area contributed by atoms with E-state index in [0.717, 1.165) is 33.4 Å². The summed E-state index contributed by atoms with van der Waals surface area (Å²) in [5, 5.41) is 5.82. The van der Waals surface area contributed by atoms with Crippen LogP contribution in [0.2, 0.25) is 0 Å². The molecule has 0 saturated heterocycles. The Bertz CT molecular complexity index is 1310. The molecule has 4 nitrogen and oxygen atoms in total. The second-order valence-electron chi connectivity index (χ2n) is 8.28. The van der Waals surface area contributed by atoms with Crippen LogP contribution in [-0.2, 0) is 9.59 Å². The Morgan fingerprint density at radius 3 is 1.31 bits per heavy atom. The van der Waals surface area contributed by atoms with E-state index in [1.165, 1.54) is 0 Å². The van der Waals surface area contributed by atoms with E-state index in [1.807, 2.05) is 98.8 Å². The van der Waals surface area contributed by atoms with E-state index in [9.17, 15) is 9.59 Å². The van der Waals surface area contributed by atoms with Crippen molar-refractivity contribution in [1.29, 1.82) is 0 Å². The molecule has 2 amide bonds. The fourth-order valence-corrected chi connectivity index (χ4v) is 4.38. The van der Waals surface area contributed by atoms with Crippen LogP contribution in [0.15, 0.2) is 121 Å². The van der Waals surface area contributed by atoms with Crippen LogP contribution in [0.25, 0.3) is 22.5 Å². The van der Waals surface area contributed by atoms with Crippen molar-refractivity contribution < 1.29 is 9.59 Å². The predicted molar refractivity (Wildman–Crippen MR) is 149 cm³/mol.